The molecule has 3 unspecified atom stereocenters. The highest BCUT2D eigenvalue weighted by molar-refractivity contribution is 5.83. The van der Waals surface area contributed by atoms with E-state index in [0.717, 1.165) is 17.9 Å². The molecule has 17 heavy (non-hydrogen) atoms. The lowest BCUT2D eigenvalue weighted by Crippen LogP contribution is -2.46. The van der Waals surface area contributed by atoms with Gasteiger partial charge in [0.15, 0.2) is 0 Å². The van der Waals surface area contributed by atoms with Crippen molar-refractivity contribution in [2.45, 2.75) is 71.4 Å². The van der Waals surface area contributed by atoms with E-state index in [9.17, 15) is 0 Å². The smallest absolute Gasteiger partial charge is 0.0992 e. The zero-order chi connectivity index (χ0) is 12.4. The summed E-state index contributed by atoms with van der Waals surface area (Å²) in [6, 6.07) is 1.21. The quantitative estimate of drug-likeness (QED) is 0.677. The Morgan fingerprint density at radius 2 is 2.00 bits per heavy atom. The largest absolute Gasteiger partial charge is 0.360 e. The number of likely N-dealkylation sites (tertiary alicyclic amines) is 1. The van der Waals surface area contributed by atoms with Crippen LogP contribution >= 0.6 is 0 Å². The van der Waals surface area contributed by atoms with E-state index in [4.69, 9.17) is 4.99 Å². The number of aliphatic imine (C=N–C) groups is 1. The fraction of sp³-hybridized carbons (Fsp3) is 0.933. The van der Waals surface area contributed by atoms with Crippen LogP contribution in [0.4, 0.5) is 0 Å². The molecular formula is C15H28N2. The van der Waals surface area contributed by atoms with Crippen LogP contribution in [0.2, 0.25) is 0 Å². The molecule has 2 nitrogen and oxygen atoms in total. The van der Waals surface area contributed by atoms with Crippen molar-refractivity contribution < 1.29 is 0 Å². The van der Waals surface area contributed by atoms with Gasteiger partial charge in [-0.2, -0.15) is 0 Å². The lowest BCUT2D eigenvalue weighted by molar-refractivity contribution is 0.196. The summed E-state index contributed by atoms with van der Waals surface area (Å²) in [6.45, 7) is 6.80. The Balaban J connectivity index is 2.09. The molecule has 0 radical (unpaired) electrons. The number of fused-ring (bicyclic) bond motifs is 1. The van der Waals surface area contributed by atoms with Crippen molar-refractivity contribution in [1.82, 2.24) is 4.90 Å². The van der Waals surface area contributed by atoms with Gasteiger partial charge in [0.2, 0.25) is 0 Å². The summed E-state index contributed by atoms with van der Waals surface area (Å²) in [5.74, 6) is 3.21. The maximum atomic E-state index is 4.80. The average molecular weight is 236 g/mol. The van der Waals surface area contributed by atoms with E-state index >= 15 is 0 Å². The van der Waals surface area contributed by atoms with Gasteiger partial charge >= 0.3 is 0 Å². The van der Waals surface area contributed by atoms with Gasteiger partial charge in [-0.3, -0.25) is 4.99 Å². The molecule has 0 aromatic heterocycles. The first kappa shape index (κ1) is 12.9. The van der Waals surface area contributed by atoms with Gasteiger partial charge in [0.25, 0.3) is 0 Å². The van der Waals surface area contributed by atoms with Crippen LogP contribution < -0.4 is 0 Å². The van der Waals surface area contributed by atoms with Gasteiger partial charge < -0.3 is 4.90 Å². The van der Waals surface area contributed by atoms with E-state index in [2.05, 4.69) is 32.7 Å². The van der Waals surface area contributed by atoms with Crippen LogP contribution in [0.15, 0.2) is 4.99 Å². The number of piperidine rings is 1. The third-order valence-corrected chi connectivity index (χ3v) is 4.50. The van der Waals surface area contributed by atoms with Crippen LogP contribution in [0.25, 0.3) is 0 Å². The second kappa shape index (κ2) is 5.41. The minimum absolute atomic E-state index is 0.439. The topological polar surface area (TPSA) is 15.6 Å². The van der Waals surface area contributed by atoms with Crippen LogP contribution in [0.5, 0.6) is 0 Å². The Morgan fingerprint density at radius 3 is 2.71 bits per heavy atom. The summed E-state index contributed by atoms with van der Waals surface area (Å²) in [5, 5.41) is 0. The predicted molar refractivity (Wildman–Crippen MR) is 74.5 cm³/mol. The summed E-state index contributed by atoms with van der Waals surface area (Å²) >= 11 is 0. The molecule has 1 aliphatic carbocycles. The van der Waals surface area contributed by atoms with Crippen molar-refractivity contribution in [2.24, 2.45) is 16.8 Å². The van der Waals surface area contributed by atoms with Crippen LogP contribution in [0.1, 0.15) is 59.3 Å². The Bertz CT molecular complexity index is 283. The van der Waals surface area contributed by atoms with Gasteiger partial charge in [-0.25, -0.2) is 0 Å². The van der Waals surface area contributed by atoms with E-state index in [-0.39, 0.29) is 0 Å². The van der Waals surface area contributed by atoms with Gasteiger partial charge in [0.05, 0.1) is 5.84 Å². The number of amidine groups is 1. The highest BCUT2D eigenvalue weighted by Gasteiger charge is 2.34. The minimum atomic E-state index is 0.439. The molecule has 2 fully saturated rings. The van der Waals surface area contributed by atoms with E-state index < -0.39 is 0 Å². The lowest BCUT2D eigenvalue weighted by atomic mass is 9.83. The number of nitrogens with zero attached hydrogens (tertiary/aromatic N) is 2. The van der Waals surface area contributed by atoms with Crippen LogP contribution in [0, 0.1) is 11.8 Å². The zero-order valence-corrected chi connectivity index (χ0v) is 11.9. The van der Waals surface area contributed by atoms with Gasteiger partial charge in [-0.05, 0) is 44.9 Å². The van der Waals surface area contributed by atoms with Crippen LogP contribution in [0.3, 0.4) is 0 Å². The SMILES string of the molecule is CC1CCCC2C(CC/C(=N/C(C)C)N2C)C1. The van der Waals surface area contributed by atoms with Crippen LogP contribution in [-0.2, 0) is 0 Å². The van der Waals surface area contributed by atoms with Crippen molar-refractivity contribution >= 4 is 5.84 Å². The lowest BCUT2D eigenvalue weighted by Gasteiger charge is -2.41. The molecule has 98 valence electrons. The normalized spacial score (nSPS) is 37.1. The monoisotopic (exact) mass is 236 g/mol. The Labute approximate surface area is 106 Å². The van der Waals surface area contributed by atoms with Gasteiger partial charge in [0.1, 0.15) is 0 Å². The Morgan fingerprint density at radius 1 is 1.24 bits per heavy atom. The second-order valence-electron chi connectivity index (χ2n) is 6.39. The third-order valence-electron chi connectivity index (χ3n) is 4.50. The summed E-state index contributed by atoms with van der Waals surface area (Å²) in [6.07, 6.45) is 8.21. The standard InChI is InChI=1S/C15H28N2/c1-11(2)16-15-9-8-13-10-12(3)6-5-7-14(13)17(15)4/h11-14H,5-10H2,1-4H3/b16-15-. The van der Waals surface area contributed by atoms with Crippen molar-refractivity contribution in [2.75, 3.05) is 7.05 Å². The maximum Gasteiger partial charge on any atom is 0.0992 e. The van der Waals surface area contributed by atoms with Crippen molar-refractivity contribution in [3.05, 3.63) is 0 Å². The molecule has 0 N–H and O–H groups in total. The van der Waals surface area contributed by atoms with Crippen molar-refractivity contribution in [3.63, 3.8) is 0 Å². The zero-order valence-electron chi connectivity index (χ0n) is 11.9. The molecule has 0 amide bonds. The number of rotatable bonds is 1. The maximum absolute atomic E-state index is 4.80. The van der Waals surface area contributed by atoms with Crippen LogP contribution in [-0.4, -0.2) is 29.9 Å². The molecule has 0 spiro atoms. The first-order valence-electron chi connectivity index (χ1n) is 7.37. The van der Waals surface area contributed by atoms with E-state index in [0.29, 0.717) is 6.04 Å². The average Bonchev–Trinajstić information content (AvgIpc) is 2.43. The molecule has 2 rings (SSSR count). The van der Waals surface area contributed by atoms with Gasteiger partial charge in [0, 0.05) is 25.6 Å². The highest BCUT2D eigenvalue weighted by Crippen LogP contribution is 2.36. The fourth-order valence-corrected chi connectivity index (χ4v) is 3.66. The molecule has 1 saturated carbocycles. The van der Waals surface area contributed by atoms with E-state index in [1.807, 2.05) is 0 Å². The highest BCUT2D eigenvalue weighted by atomic mass is 15.2. The van der Waals surface area contributed by atoms with E-state index in [1.165, 1.54) is 44.4 Å². The first-order valence-corrected chi connectivity index (χ1v) is 7.37. The second-order valence-corrected chi connectivity index (χ2v) is 6.39. The molecule has 1 aliphatic heterocycles. The molecule has 2 aliphatic rings. The molecule has 1 saturated heterocycles. The predicted octanol–water partition coefficient (Wildman–Crippen LogP) is 3.71. The summed E-state index contributed by atoms with van der Waals surface area (Å²) in [7, 11) is 2.27. The Hall–Kier alpha value is -0.530. The fourth-order valence-electron chi connectivity index (χ4n) is 3.66. The molecule has 1 heterocycles. The molecular weight excluding hydrogens is 208 g/mol. The molecule has 0 bridgehead atoms. The summed E-state index contributed by atoms with van der Waals surface area (Å²) < 4.78 is 0. The summed E-state index contributed by atoms with van der Waals surface area (Å²) in [4.78, 5) is 7.31. The number of hydrogen-bond acceptors (Lipinski definition) is 1. The van der Waals surface area contributed by atoms with Gasteiger partial charge in [-0.1, -0.05) is 19.8 Å². The molecule has 0 aromatic carbocycles. The first-order chi connectivity index (χ1) is 8.08. The molecule has 3 atom stereocenters. The molecule has 0 aromatic rings. The van der Waals surface area contributed by atoms with Crippen molar-refractivity contribution in [1.29, 1.82) is 0 Å². The summed E-state index contributed by atoms with van der Waals surface area (Å²) in [5.41, 5.74) is 0. The van der Waals surface area contributed by atoms with E-state index in [1.54, 1.807) is 0 Å². The third kappa shape index (κ3) is 3.02. The van der Waals surface area contributed by atoms with Crippen molar-refractivity contribution in [3.8, 4) is 0 Å². The van der Waals surface area contributed by atoms with Gasteiger partial charge in [-0.15, -0.1) is 0 Å². The molecule has 2 heteroatoms. The minimum Gasteiger partial charge on any atom is -0.360 e. The Kier molecular flexibility index (Phi) is 4.11. The number of hydrogen-bond donors (Lipinski definition) is 0.